The van der Waals surface area contributed by atoms with E-state index in [1.807, 2.05) is 44.2 Å². The summed E-state index contributed by atoms with van der Waals surface area (Å²) in [7, 11) is 0. The zero-order valence-electron chi connectivity index (χ0n) is 9.00. The van der Waals surface area contributed by atoms with E-state index in [2.05, 4.69) is 37.3 Å². The molecular formula is C11H12Br2N2O. The summed E-state index contributed by atoms with van der Waals surface area (Å²) >= 11 is 6.86. The van der Waals surface area contributed by atoms with Crippen molar-refractivity contribution in [1.29, 1.82) is 0 Å². The maximum absolute atomic E-state index is 12.2. The van der Waals surface area contributed by atoms with E-state index in [9.17, 15) is 4.79 Å². The monoisotopic (exact) mass is 346 g/mol. The smallest absolute Gasteiger partial charge is 0.270 e. The van der Waals surface area contributed by atoms with Crippen molar-refractivity contribution in [3.8, 4) is 0 Å². The SMILES string of the molecule is CC1(C)NN(c2ccccc2)C(=O)C1(Br)Br. The molecule has 86 valence electrons. The highest BCUT2D eigenvalue weighted by Crippen LogP contribution is 2.44. The lowest BCUT2D eigenvalue weighted by atomic mass is 10.0. The van der Waals surface area contributed by atoms with Gasteiger partial charge >= 0.3 is 0 Å². The summed E-state index contributed by atoms with van der Waals surface area (Å²) in [5.74, 6) is -0.0521. The van der Waals surface area contributed by atoms with Crippen LogP contribution in [0.5, 0.6) is 0 Å². The Hall–Kier alpha value is -0.390. The quantitative estimate of drug-likeness (QED) is 0.792. The first-order chi connectivity index (χ1) is 7.36. The van der Waals surface area contributed by atoms with E-state index in [4.69, 9.17) is 0 Å². The molecule has 5 heteroatoms. The Morgan fingerprint density at radius 1 is 1.19 bits per heavy atom. The number of hydrazine groups is 1. The molecule has 0 saturated carbocycles. The van der Waals surface area contributed by atoms with Crippen molar-refractivity contribution < 1.29 is 4.79 Å². The zero-order chi connectivity index (χ0) is 12.0. The number of amides is 1. The average Bonchev–Trinajstić information content (AvgIpc) is 2.40. The van der Waals surface area contributed by atoms with Crippen LogP contribution in [0.25, 0.3) is 0 Å². The number of benzene rings is 1. The third-order valence-corrected chi connectivity index (χ3v) is 5.32. The molecule has 1 aliphatic heterocycles. The van der Waals surface area contributed by atoms with Gasteiger partial charge in [-0.15, -0.1) is 0 Å². The van der Waals surface area contributed by atoms with E-state index >= 15 is 0 Å². The molecule has 1 amide bonds. The third kappa shape index (κ3) is 1.71. The van der Waals surface area contributed by atoms with Crippen LogP contribution in [0.3, 0.4) is 0 Å². The van der Waals surface area contributed by atoms with Crippen LogP contribution in [0.15, 0.2) is 30.3 Å². The predicted molar refractivity (Wildman–Crippen MR) is 71.7 cm³/mol. The molecule has 1 fully saturated rings. The van der Waals surface area contributed by atoms with Gasteiger partial charge in [0.2, 0.25) is 0 Å². The Bertz CT molecular complexity index is 417. The van der Waals surface area contributed by atoms with Gasteiger partial charge in [0.15, 0.2) is 3.23 Å². The second-order valence-electron chi connectivity index (χ2n) is 4.29. The first-order valence-electron chi connectivity index (χ1n) is 4.91. The number of hydrogen-bond acceptors (Lipinski definition) is 2. The molecule has 0 spiro atoms. The van der Waals surface area contributed by atoms with E-state index in [1.165, 1.54) is 0 Å². The van der Waals surface area contributed by atoms with Crippen LogP contribution in [0.1, 0.15) is 13.8 Å². The van der Waals surface area contributed by atoms with Crippen molar-refractivity contribution in [2.45, 2.75) is 22.6 Å². The Morgan fingerprint density at radius 2 is 1.75 bits per heavy atom. The minimum Gasteiger partial charge on any atom is -0.270 e. The first kappa shape index (κ1) is 12.1. The van der Waals surface area contributed by atoms with Crippen molar-refractivity contribution in [2.75, 3.05) is 5.01 Å². The molecule has 0 unspecified atom stereocenters. The molecule has 1 aliphatic rings. The molecule has 1 saturated heterocycles. The summed E-state index contributed by atoms with van der Waals surface area (Å²) < 4.78 is -0.775. The molecule has 3 nitrogen and oxygen atoms in total. The number of nitrogens with one attached hydrogen (secondary N) is 1. The molecule has 1 aromatic rings. The maximum Gasteiger partial charge on any atom is 0.271 e. The van der Waals surface area contributed by atoms with Gasteiger partial charge in [0, 0.05) is 0 Å². The number of para-hydroxylation sites is 1. The minimum absolute atomic E-state index is 0.0521. The van der Waals surface area contributed by atoms with Gasteiger partial charge in [-0.2, -0.15) is 0 Å². The summed E-state index contributed by atoms with van der Waals surface area (Å²) in [4.78, 5) is 12.2. The maximum atomic E-state index is 12.2. The van der Waals surface area contributed by atoms with Gasteiger partial charge in [-0.3, -0.25) is 4.79 Å². The molecule has 0 atom stereocenters. The van der Waals surface area contributed by atoms with Crippen molar-refractivity contribution in [3.05, 3.63) is 30.3 Å². The third-order valence-electron chi connectivity index (χ3n) is 2.66. The van der Waals surface area contributed by atoms with Gasteiger partial charge in [-0.25, -0.2) is 10.4 Å². The Kier molecular flexibility index (Phi) is 2.88. The number of anilines is 1. The van der Waals surface area contributed by atoms with E-state index in [-0.39, 0.29) is 5.91 Å². The van der Waals surface area contributed by atoms with Gasteiger partial charge in [-0.1, -0.05) is 50.1 Å². The first-order valence-corrected chi connectivity index (χ1v) is 6.50. The van der Waals surface area contributed by atoms with E-state index in [0.29, 0.717) is 0 Å². The average molecular weight is 348 g/mol. The Labute approximate surface area is 111 Å². The number of carbonyl (C=O) groups excluding carboxylic acids is 1. The second-order valence-corrected chi connectivity index (χ2v) is 7.73. The van der Waals surface area contributed by atoms with E-state index in [1.54, 1.807) is 5.01 Å². The molecule has 1 heterocycles. The van der Waals surface area contributed by atoms with Gasteiger partial charge in [0.05, 0.1) is 11.2 Å². The molecule has 16 heavy (non-hydrogen) atoms. The molecule has 0 aliphatic carbocycles. The van der Waals surface area contributed by atoms with Crippen LogP contribution < -0.4 is 10.4 Å². The van der Waals surface area contributed by atoms with E-state index < -0.39 is 8.77 Å². The summed E-state index contributed by atoms with van der Waals surface area (Å²) in [6, 6.07) is 9.51. The number of alkyl halides is 2. The summed E-state index contributed by atoms with van der Waals surface area (Å²) in [6.45, 7) is 3.91. The highest BCUT2D eigenvalue weighted by molar-refractivity contribution is 9.26. The summed E-state index contributed by atoms with van der Waals surface area (Å²) in [5, 5.41) is 1.56. The van der Waals surface area contributed by atoms with Crippen molar-refractivity contribution in [1.82, 2.24) is 5.43 Å². The Balaban J connectivity index is 2.39. The minimum atomic E-state index is -0.775. The van der Waals surface area contributed by atoms with Crippen molar-refractivity contribution in [2.24, 2.45) is 0 Å². The van der Waals surface area contributed by atoms with Crippen molar-refractivity contribution >= 4 is 43.5 Å². The summed E-state index contributed by atoms with van der Waals surface area (Å²) in [5.41, 5.74) is 3.61. The number of halogens is 2. The molecule has 1 aromatic carbocycles. The van der Waals surface area contributed by atoms with E-state index in [0.717, 1.165) is 5.69 Å². The van der Waals surface area contributed by atoms with Gasteiger partial charge in [0.25, 0.3) is 5.91 Å². The second kappa shape index (κ2) is 3.82. The molecule has 1 N–H and O–H groups in total. The van der Waals surface area contributed by atoms with Crippen LogP contribution in [-0.2, 0) is 4.79 Å². The summed E-state index contributed by atoms with van der Waals surface area (Å²) in [6.07, 6.45) is 0. The number of hydrogen-bond donors (Lipinski definition) is 1. The van der Waals surface area contributed by atoms with Crippen LogP contribution in [0, 0.1) is 0 Å². The van der Waals surface area contributed by atoms with Gasteiger partial charge in [-0.05, 0) is 26.0 Å². The lowest BCUT2D eigenvalue weighted by molar-refractivity contribution is -0.117. The van der Waals surface area contributed by atoms with Crippen LogP contribution in [0.4, 0.5) is 5.69 Å². The zero-order valence-corrected chi connectivity index (χ0v) is 12.2. The van der Waals surface area contributed by atoms with Crippen LogP contribution >= 0.6 is 31.9 Å². The lowest BCUT2D eigenvalue weighted by Gasteiger charge is -2.26. The highest BCUT2D eigenvalue weighted by Gasteiger charge is 2.56. The molecule has 2 rings (SSSR count). The fraction of sp³-hybridized carbons (Fsp3) is 0.364. The molecule has 0 aromatic heterocycles. The Morgan fingerprint density at radius 3 is 2.19 bits per heavy atom. The largest absolute Gasteiger partial charge is 0.271 e. The number of rotatable bonds is 1. The predicted octanol–water partition coefficient (Wildman–Crippen LogP) is 2.80. The fourth-order valence-electron chi connectivity index (χ4n) is 1.57. The van der Waals surface area contributed by atoms with Crippen LogP contribution in [0.2, 0.25) is 0 Å². The number of nitrogens with zero attached hydrogens (tertiary/aromatic N) is 1. The van der Waals surface area contributed by atoms with Crippen LogP contribution in [-0.4, -0.2) is 14.7 Å². The normalized spacial score (nSPS) is 22.5. The van der Waals surface area contributed by atoms with Gasteiger partial charge in [0.1, 0.15) is 0 Å². The molecular weight excluding hydrogens is 336 g/mol. The topological polar surface area (TPSA) is 32.3 Å². The van der Waals surface area contributed by atoms with Crippen molar-refractivity contribution in [3.63, 3.8) is 0 Å². The molecule has 0 radical (unpaired) electrons. The number of carbonyl (C=O) groups is 1. The van der Waals surface area contributed by atoms with Gasteiger partial charge < -0.3 is 0 Å². The highest BCUT2D eigenvalue weighted by atomic mass is 79.9. The lowest BCUT2D eigenvalue weighted by Crippen LogP contribution is -2.46. The fourth-order valence-corrected chi connectivity index (χ4v) is 2.10. The molecule has 0 bridgehead atoms. The standard InChI is InChI=1S/C11H12Br2N2O/c1-10(2)11(12,13)9(16)15(14-10)8-6-4-3-5-7-8/h3-7,14H,1-2H3.